The van der Waals surface area contributed by atoms with E-state index in [1.165, 1.54) is 6.07 Å². The van der Waals surface area contributed by atoms with Gasteiger partial charge in [0.25, 0.3) is 6.43 Å². The van der Waals surface area contributed by atoms with Gasteiger partial charge in [0.1, 0.15) is 12.4 Å². The molecule has 0 unspecified atom stereocenters. The third-order valence-electron chi connectivity index (χ3n) is 2.15. The van der Waals surface area contributed by atoms with E-state index < -0.39 is 24.7 Å². The molecule has 0 aliphatic rings. The minimum absolute atomic E-state index is 0.0360. The average molecular weight is 264 g/mol. The van der Waals surface area contributed by atoms with Gasteiger partial charge in [0.15, 0.2) is 11.6 Å². The highest BCUT2D eigenvalue weighted by Gasteiger charge is 2.08. The van der Waals surface area contributed by atoms with Crippen LogP contribution in [0.3, 0.4) is 0 Å². The number of rotatable bonds is 7. The fourth-order valence-corrected chi connectivity index (χ4v) is 1.32. The van der Waals surface area contributed by atoms with Crippen molar-refractivity contribution in [3.63, 3.8) is 0 Å². The molecule has 0 bridgehead atoms. The van der Waals surface area contributed by atoms with Crippen molar-refractivity contribution >= 4 is 5.78 Å². The molecule has 0 saturated heterocycles. The van der Waals surface area contributed by atoms with Crippen LogP contribution in [-0.2, 0) is 16.0 Å². The van der Waals surface area contributed by atoms with E-state index in [1.54, 1.807) is 0 Å². The molecule has 0 atom stereocenters. The predicted octanol–water partition coefficient (Wildman–Crippen LogP) is 2.75. The quantitative estimate of drug-likeness (QED) is 0.559. The van der Waals surface area contributed by atoms with Crippen molar-refractivity contribution in [2.75, 3.05) is 13.2 Å². The van der Waals surface area contributed by atoms with Gasteiger partial charge in [-0.05, 0) is 17.7 Å². The minimum Gasteiger partial charge on any atom is -0.375 e. The highest BCUT2D eigenvalue weighted by atomic mass is 19.3. The van der Waals surface area contributed by atoms with Crippen LogP contribution in [0.15, 0.2) is 18.2 Å². The van der Waals surface area contributed by atoms with Gasteiger partial charge in [-0.3, -0.25) is 4.79 Å². The zero-order chi connectivity index (χ0) is 13.5. The number of ether oxygens (including phenoxy) is 1. The van der Waals surface area contributed by atoms with Crippen molar-refractivity contribution in [2.45, 2.75) is 19.3 Å². The Balaban J connectivity index is 2.33. The molecule has 0 aliphatic heterocycles. The van der Waals surface area contributed by atoms with Crippen molar-refractivity contribution in [3.05, 3.63) is 35.4 Å². The lowest BCUT2D eigenvalue weighted by Crippen LogP contribution is -2.11. The molecule has 0 fully saturated rings. The van der Waals surface area contributed by atoms with Gasteiger partial charge >= 0.3 is 0 Å². The molecule has 1 rings (SSSR count). The van der Waals surface area contributed by atoms with E-state index in [0.29, 0.717) is 5.56 Å². The molecular formula is C12H12F4O2. The van der Waals surface area contributed by atoms with Crippen LogP contribution in [0, 0.1) is 11.6 Å². The smallest absolute Gasteiger partial charge is 0.261 e. The van der Waals surface area contributed by atoms with Crippen LogP contribution in [0.1, 0.15) is 12.0 Å². The summed E-state index contributed by atoms with van der Waals surface area (Å²) in [5.41, 5.74) is 0.341. The SMILES string of the molecule is O=C(CCOCC(F)F)Cc1ccc(F)c(F)c1. The first kappa shape index (κ1) is 14.6. The first-order valence-electron chi connectivity index (χ1n) is 5.30. The summed E-state index contributed by atoms with van der Waals surface area (Å²) in [5, 5.41) is 0. The Bertz CT molecular complexity index is 407. The molecule has 0 radical (unpaired) electrons. The molecule has 0 amide bonds. The Morgan fingerprint density at radius 1 is 1.22 bits per heavy atom. The number of ketones is 1. The van der Waals surface area contributed by atoms with Crippen LogP contribution in [0.5, 0.6) is 0 Å². The van der Waals surface area contributed by atoms with E-state index in [-0.39, 0.29) is 25.2 Å². The van der Waals surface area contributed by atoms with E-state index in [2.05, 4.69) is 4.74 Å². The third-order valence-corrected chi connectivity index (χ3v) is 2.15. The van der Waals surface area contributed by atoms with Crippen molar-refractivity contribution < 1.29 is 27.1 Å². The fraction of sp³-hybridized carbons (Fsp3) is 0.417. The minimum atomic E-state index is -2.56. The summed E-state index contributed by atoms with van der Waals surface area (Å²) >= 11 is 0. The topological polar surface area (TPSA) is 26.3 Å². The van der Waals surface area contributed by atoms with E-state index >= 15 is 0 Å². The van der Waals surface area contributed by atoms with Crippen molar-refractivity contribution in [1.29, 1.82) is 0 Å². The summed E-state index contributed by atoms with van der Waals surface area (Å²) in [4.78, 5) is 11.4. The van der Waals surface area contributed by atoms with Crippen LogP contribution < -0.4 is 0 Å². The zero-order valence-corrected chi connectivity index (χ0v) is 9.47. The average Bonchev–Trinajstić information content (AvgIpc) is 2.29. The lowest BCUT2D eigenvalue weighted by Gasteiger charge is -2.04. The Kier molecular flexibility index (Phi) is 5.77. The Hall–Kier alpha value is -1.43. The molecule has 6 heteroatoms. The van der Waals surface area contributed by atoms with Gasteiger partial charge in [0.2, 0.25) is 0 Å². The van der Waals surface area contributed by atoms with Crippen LogP contribution in [0.4, 0.5) is 17.6 Å². The molecular weight excluding hydrogens is 252 g/mol. The standard InChI is InChI=1S/C12H12F4O2/c13-10-2-1-8(6-11(10)14)5-9(17)3-4-18-7-12(15)16/h1-2,6,12H,3-5,7H2. The molecule has 0 heterocycles. The van der Waals surface area contributed by atoms with E-state index in [1.807, 2.05) is 0 Å². The summed E-state index contributed by atoms with van der Waals surface area (Å²) in [7, 11) is 0. The number of Topliss-reactive ketones (excluding diaryl/α,β-unsaturated/α-hetero) is 1. The second-order valence-corrected chi connectivity index (χ2v) is 3.68. The van der Waals surface area contributed by atoms with E-state index in [4.69, 9.17) is 0 Å². The number of halogens is 4. The number of hydrogen-bond acceptors (Lipinski definition) is 2. The summed E-state index contributed by atoms with van der Waals surface area (Å²) in [6.45, 7) is -0.814. The molecule has 0 aromatic heterocycles. The molecule has 18 heavy (non-hydrogen) atoms. The maximum absolute atomic E-state index is 12.8. The monoisotopic (exact) mass is 264 g/mol. The van der Waals surface area contributed by atoms with Crippen molar-refractivity contribution in [3.8, 4) is 0 Å². The molecule has 0 spiro atoms. The largest absolute Gasteiger partial charge is 0.375 e. The Labute approximate surface area is 102 Å². The molecule has 0 aliphatic carbocycles. The number of alkyl halides is 2. The predicted molar refractivity (Wildman–Crippen MR) is 56.5 cm³/mol. The van der Waals surface area contributed by atoms with Gasteiger partial charge in [-0.25, -0.2) is 17.6 Å². The maximum Gasteiger partial charge on any atom is 0.261 e. The molecule has 0 saturated carbocycles. The second kappa shape index (κ2) is 7.10. The molecule has 100 valence electrons. The van der Waals surface area contributed by atoms with Gasteiger partial charge in [0.05, 0.1) is 6.61 Å². The lowest BCUT2D eigenvalue weighted by molar-refractivity contribution is -0.119. The van der Waals surface area contributed by atoms with Crippen LogP contribution in [-0.4, -0.2) is 25.4 Å². The number of benzene rings is 1. The summed E-state index contributed by atoms with van der Waals surface area (Å²) in [5.74, 6) is -2.28. The normalized spacial score (nSPS) is 10.9. The molecule has 2 nitrogen and oxygen atoms in total. The van der Waals surface area contributed by atoms with Crippen molar-refractivity contribution in [2.24, 2.45) is 0 Å². The molecule has 0 N–H and O–H groups in total. The second-order valence-electron chi connectivity index (χ2n) is 3.68. The van der Waals surface area contributed by atoms with Gasteiger partial charge in [0, 0.05) is 12.8 Å². The lowest BCUT2D eigenvalue weighted by atomic mass is 10.1. The van der Waals surface area contributed by atoms with Gasteiger partial charge in [-0.2, -0.15) is 0 Å². The highest BCUT2D eigenvalue weighted by molar-refractivity contribution is 5.80. The van der Waals surface area contributed by atoms with Crippen molar-refractivity contribution in [1.82, 2.24) is 0 Å². The third kappa shape index (κ3) is 5.27. The highest BCUT2D eigenvalue weighted by Crippen LogP contribution is 2.10. The van der Waals surface area contributed by atoms with Crippen LogP contribution >= 0.6 is 0 Å². The van der Waals surface area contributed by atoms with Gasteiger partial charge < -0.3 is 4.74 Å². The fourth-order valence-electron chi connectivity index (χ4n) is 1.32. The van der Waals surface area contributed by atoms with Gasteiger partial charge in [-0.1, -0.05) is 6.07 Å². The van der Waals surface area contributed by atoms with Crippen LogP contribution in [0.25, 0.3) is 0 Å². The van der Waals surface area contributed by atoms with Gasteiger partial charge in [-0.15, -0.1) is 0 Å². The van der Waals surface area contributed by atoms with E-state index in [9.17, 15) is 22.4 Å². The number of carbonyl (C=O) groups excluding carboxylic acids is 1. The first-order chi connectivity index (χ1) is 8.49. The maximum atomic E-state index is 12.8. The zero-order valence-electron chi connectivity index (χ0n) is 9.47. The summed E-state index contributed by atoms with van der Waals surface area (Å²) in [6.07, 6.45) is -2.67. The number of carbonyl (C=O) groups is 1. The number of hydrogen-bond donors (Lipinski definition) is 0. The van der Waals surface area contributed by atoms with Crippen LogP contribution in [0.2, 0.25) is 0 Å². The first-order valence-corrected chi connectivity index (χ1v) is 5.30. The summed E-state index contributed by atoms with van der Waals surface area (Å²) in [6, 6.07) is 3.18. The Morgan fingerprint density at radius 2 is 1.94 bits per heavy atom. The Morgan fingerprint density at radius 3 is 2.56 bits per heavy atom. The molecule has 1 aromatic rings. The summed E-state index contributed by atoms with van der Waals surface area (Å²) < 4.78 is 53.4. The van der Waals surface area contributed by atoms with E-state index in [0.717, 1.165) is 12.1 Å². The molecule has 1 aromatic carbocycles.